The third-order valence-electron chi connectivity index (χ3n) is 1.76. The first kappa shape index (κ1) is 14.8. The number of hydrogen-bond donors (Lipinski definition) is 0. The van der Waals surface area contributed by atoms with Crippen LogP contribution in [0.2, 0.25) is 0 Å². The average Bonchev–Trinajstić information content (AvgIpc) is 2.77. The SMILES string of the molecule is CCOC(=O)c1nnc(OCCOCC(C)C)s1. The molecule has 0 unspecified atom stereocenters. The van der Waals surface area contributed by atoms with Gasteiger partial charge in [-0.05, 0) is 24.2 Å². The Kier molecular flexibility index (Phi) is 6.59. The Labute approximate surface area is 110 Å². The molecule has 0 aromatic carbocycles. The van der Waals surface area contributed by atoms with E-state index in [9.17, 15) is 4.79 Å². The van der Waals surface area contributed by atoms with Crippen LogP contribution in [-0.4, -0.2) is 42.6 Å². The fraction of sp³-hybridized carbons (Fsp3) is 0.727. The molecule has 0 fully saturated rings. The second-order valence-electron chi connectivity index (χ2n) is 3.91. The van der Waals surface area contributed by atoms with Crippen LogP contribution >= 0.6 is 11.3 Å². The zero-order chi connectivity index (χ0) is 13.4. The van der Waals surface area contributed by atoms with Gasteiger partial charge in [0.2, 0.25) is 5.01 Å². The molecule has 1 heterocycles. The molecular weight excluding hydrogens is 256 g/mol. The van der Waals surface area contributed by atoms with Gasteiger partial charge in [-0.2, -0.15) is 0 Å². The van der Waals surface area contributed by atoms with Crippen molar-refractivity contribution >= 4 is 17.3 Å². The minimum absolute atomic E-state index is 0.204. The lowest BCUT2D eigenvalue weighted by Gasteiger charge is -2.06. The molecule has 18 heavy (non-hydrogen) atoms. The van der Waals surface area contributed by atoms with Crippen LogP contribution in [0.25, 0.3) is 0 Å². The molecule has 0 saturated carbocycles. The van der Waals surface area contributed by atoms with Crippen LogP contribution in [0.15, 0.2) is 0 Å². The molecule has 1 aromatic heterocycles. The molecule has 0 bridgehead atoms. The molecule has 0 atom stereocenters. The van der Waals surface area contributed by atoms with Crippen LogP contribution in [-0.2, 0) is 9.47 Å². The molecule has 0 aliphatic heterocycles. The number of aromatic nitrogens is 2. The summed E-state index contributed by atoms with van der Waals surface area (Å²) in [7, 11) is 0. The zero-order valence-electron chi connectivity index (χ0n) is 10.8. The molecule has 1 rings (SSSR count). The van der Waals surface area contributed by atoms with Gasteiger partial charge in [0.15, 0.2) is 0 Å². The molecule has 102 valence electrons. The Morgan fingerprint density at radius 1 is 1.33 bits per heavy atom. The van der Waals surface area contributed by atoms with Gasteiger partial charge < -0.3 is 14.2 Å². The van der Waals surface area contributed by atoms with E-state index in [2.05, 4.69) is 24.0 Å². The molecule has 0 aliphatic carbocycles. The van der Waals surface area contributed by atoms with E-state index in [0.29, 0.717) is 37.5 Å². The summed E-state index contributed by atoms with van der Waals surface area (Å²) in [6.07, 6.45) is 0. The molecule has 7 heteroatoms. The lowest BCUT2D eigenvalue weighted by Crippen LogP contribution is -2.10. The van der Waals surface area contributed by atoms with E-state index in [0.717, 1.165) is 11.3 Å². The van der Waals surface area contributed by atoms with Gasteiger partial charge in [-0.1, -0.05) is 18.9 Å². The largest absolute Gasteiger partial charge is 0.466 e. The Bertz CT molecular complexity index is 368. The second-order valence-corrected chi connectivity index (χ2v) is 4.85. The van der Waals surface area contributed by atoms with Gasteiger partial charge in [0.25, 0.3) is 5.19 Å². The van der Waals surface area contributed by atoms with Gasteiger partial charge in [0.05, 0.1) is 13.2 Å². The number of carbonyl (C=O) groups excluding carboxylic acids is 1. The van der Waals surface area contributed by atoms with Gasteiger partial charge >= 0.3 is 5.97 Å². The minimum Gasteiger partial charge on any atom is -0.466 e. The number of ether oxygens (including phenoxy) is 3. The van der Waals surface area contributed by atoms with Gasteiger partial charge in [-0.3, -0.25) is 0 Å². The van der Waals surface area contributed by atoms with E-state index in [1.165, 1.54) is 0 Å². The van der Waals surface area contributed by atoms with Gasteiger partial charge in [0.1, 0.15) is 6.61 Å². The van der Waals surface area contributed by atoms with Crippen molar-refractivity contribution in [3.63, 3.8) is 0 Å². The molecule has 0 saturated heterocycles. The van der Waals surface area contributed by atoms with Gasteiger partial charge in [-0.25, -0.2) is 4.79 Å². The Morgan fingerprint density at radius 2 is 2.11 bits per heavy atom. The van der Waals surface area contributed by atoms with Crippen molar-refractivity contribution in [2.75, 3.05) is 26.4 Å². The summed E-state index contributed by atoms with van der Waals surface area (Å²) >= 11 is 1.07. The summed E-state index contributed by atoms with van der Waals surface area (Å²) in [5, 5.41) is 7.99. The maximum atomic E-state index is 11.3. The Morgan fingerprint density at radius 3 is 2.78 bits per heavy atom. The van der Waals surface area contributed by atoms with Gasteiger partial charge in [-0.15, -0.1) is 5.10 Å². The predicted molar refractivity (Wildman–Crippen MR) is 67.0 cm³/mol. The Balaban J connectivity index is 2.25. The van der Waals surface area contributed by atoms with Crippen LogP contribution in [0.3, 0.4) is 0 Å². The zero-order valence-corrected chi connectivity index (χ0v) is 11.7. The van der Waals surface area contributed by atoms with Crippen LogP contribution < -0.4 is 4.74 Å². The molecule has 0 radical (unpaired) electrons. The molecule has 0 amide bonds. The number of hydrogen-bond acceptors (Lipinski definition) is 7. The van der Waals surface area contributed by atoms with Crippen molar-refractivity contribution in [1.82, 2.24) is 10.2 Å². The highest BCUT2D eigenvalue weighted by Gasteiger charge is 2.14. The minimum atomic E-state index is -0.471. The number of esters is 1. The average molecular weight is 274 g/mol. The van der Waals surface area contributed by atoms with E-state index in [1.54, 1.807) is 6.92 Å². The summed E-state index contributed by atoms with van der Waals surface area (Å²) in [5.74, 6) is 0.0304. The van der Waals surface area contributed by atoms with Crippen molar-refractivity contribution in [1.29, 1.82) is 0 Å². The second kappa shape index (κ2) is 7.99. The van der Waals surface area contributed by atoms with Crippen molar-refractivity contribution in [2.24, 2.45) is 5.92 Å². The quantitative estimate of drug-likeness (QED) is 0.531. The van der Waals surface area contributed by atoms with Crippen molar-refractivity contribution in [3.8, 4) is 5.19 Å². The smallest absolute Gasteiger partial charge is 0.369 e. The van der Waals surface area contributed by atoms with Crippen molar-refractivity contribution < 1.29 is 19.0 Å². The first-order valence-corrected chi connectivity index (χ1v) is 6.66. The van der Waals surface area contributed by atoms with E-state index >= 15 is 0 Å². The van der Waals surface area contributed by atoms with E-state index in [-0.39, 0.29) is 5.01 Å². The van der Waals surface area contributed by atoms with Crippen LogP contribution in [0, 0.1) is 5.92 Å². The standard InChI is InChI=1S/C11H18N2O4S/c1-4-16-10(14)9-12-13-11(18-9)17-6-5-15-7-8(2)3/h8H,4-7H2,1-3H3. The van der Waals surface area contributed by atoms with Crippen LogP contribution in [0.1, 0.15) is 30.6 Å². The molecule has 6 nitrogen and oxygen atoms in total. The van der Waals surface area contributed by atoms with Gasteiger partial charge in [0, 0.05) is 6.61 Å². The highest BCUT2D eigenvalue weighted by Crippen LogP contribution is 2.18. The number of rotatable bonds is 8. The molecule has 1 aromatic rings. The van der Waals surface area contributed by atoms with Crippen molar-refractivity contribution in [2.45, 2.75) is 20.8 Å². The topological polar surface area (TPSA) is 70.5 Å². The number of carbonyl (C=O) groups is 1. The van der Waals surface area contributed by atoms with E-state index < -0.39 is 5.97 Å². The summed E-state index contributed by atoms with van der Waals surface area (Å²) in [4.78, 5) is 11.3. The normalized spacial score (nSPS) is 10.7. The van der Waals surface area contributed by atoms with Crippen LogP contribution in [0.5, 0.6) is 5.19 Å². The fourth-order valence-corrected chi connectivity index (χ4v) is 1.66. The maximum Gasteiger partial charge on any atom is 0.369 e. The first-order chi connectivity index (χ1) is 8.63. The highest BCUT2D eigenvalue weighted by molar-refractivity contribution is 7.14. The monoisotopic (exact) mass is 274 g/mol. The third kappa shape index (κ3) is 5.42. The first-order valence-electron chi connectivity index (χ1n) is 5.84. The predicted octanol–water partition coefficient (Wildman–Crippen LogP) is 1.77. The Hall–Kier alpha value is -1.21. The fourth-order valence-electron chi connectivity index (χ4n) is 1.05. The number of nitrogens with zero attached hydrogens (tertiary/aromatic N) is 2. The van der Waals surface area contributed by atoms with Crippen LogP contribution in [0.4, 0.5) is 0 Å². The lowest BCUT2D eigenvalue weighted by molar-refractivity contribution is 0.0525. The summed E-state index contributed by atoms with van der Waals surface area (Å²) in [6, 6.07) is 0. The molecule has 0 aliphatic rings. The maximum absolute atomic E-state index is 11.3. The molecule has 0 N–H and O–H groups in total. The summed E-state index contributed by atoms with van der Waals surface area (Å²) < 4.78 is 15.5. The molecule has 0 spiro atoms. The van der Waals surface area contributed by atoms with E-state index in [1.807, 2.05) is 0 Å². The molecular formula is C11H18N2O4S. The summed E-state index contributed by atoms with van der Waals surface area (Å²) in [6.45, 7) is 7.80. The van der Waals surface area contributed by atoms with E-state index in [4.69, 9.17) is 14.2 Å². The highest BCUT2D eigenvalue weighted by atomic mass is 32.1. The van der Waals surface area contributed by atoms with Crippen molar-refractivity contribution in [3.05, 3.63) is 5.01 Å². The summed E-state index contributed by atoms with van der Waals surface area (Å²) in [5.41, 5.74) is 0. The lowest BCUT2D eigenvalue weighted by atomic mass is 10.2. The third-order valence-corrected chi connectivity index (χ3v) is 2.58.